The number of hydrogen-bond donors (Lipinski definition) is 0. The molecule has 1 aliphatic heterocycles. The average Bonchev–Trinajstić information content (AvgIpc) is 3.11. The van der Waals surface area contributed by atoms with Crippen LogP contribution in [0.1, 0.15) is 16.8 Å². The predicted octanol–water partition coefficient (Wildman–Crippen LogP) is 6.30. The molecule has 1 aliphatic rings. The molecule has 0 radical (unpaired) electrons. The van der Waals surface area contributed by atoms with Crippen LogP contribution in [-0.4, -0.2) is 24.6 Å². The molecular weight excluding hydrogens is 477 g/mol. The third-order valence-corrected chi connectivity index (χ3v) is 9.75. The van der Waals surface area contributed by atoms with E-state index in [0.29, 0.717) is 18.7 Å². The van der Waals surface area contributed by atoms with Crippen molar-refractivity contribution in [1.82, 2.24) is 0 Å². The van der Waals surface area contributed by atoms with Crippen LogP contribution in [0.3, 0.4) is 0 Å². The first-order chi connectivity index (χ1) is 14.9. The molecule has 3 aromatic carbocycles. The number of nitro groups is 1. The highest BCUT2D eigenvalue weighted by molar-refractivity contribution is 9.10. The Bertz CT molecular complexity index is 1080. The summed E-state index contributed by atoms with van der Waals surface area (Å²) in [6.45, 7) is 2.58. The van der Waals surface area contributed by atoms with E-state index in [-0.39, 0.29) is 4.92 Å². The zero-order chi connectivity index (χ0) is 22.0. The van der Waals surface area contributed by atoms with Gasteiger partial charge in [0.25, 0.3) is 7.44 Å². The maximum absolute atomic E-state index is 15.1. The van der Waals surface area contributed by atoms with Crippen molar-refractivity contribution in [3.05, 3.63) is 105 Å². The molecule has 1 heterocycles. The molecule has 160 valence electrons. The van der Waals surface area contributed by atoms with Gasteiger partial charge in [-0.1, -0.05) is 64.5 Å². The lowest BCUT2D eigenvalue weighted by molar-refractivity contribution is -0.480. The number of anilines is 2. The van der Waals surface area contributed by atoms with Gasteiger partial charge in [0, 0.05) is 33.9 Å². The van der Waals surface area contributed by atoms with E-state index in [2.05, 4.69) is 15.9 Å². The van der Waals surface area contributed by atoms with Gasteiger partial charge in [0.15, 0.2) is 0 Å². The lowest BCUT2D eigenvalue weighted by atomic mass is 10.1. The third-order valence-electron chi connectivity index (χ3n) is 5.57. The molecule has 0 aliphatic carbocycles. The Morgan fingerprint density at radius 2 is 1.48 bits per heavy atom. The van der Waals surface area contributed by atoms with E-state index >= 15 is 4.57 Å². The van der Waals surface area contributed by atoms with Crippen molar-refractivity contribution in [2.45, 2.75) is 12.6 Å². The lowest BCUT2D eigenvalue weighted by Crippen LogP contribution is -2.27. The summed E-state index contributed by atoms with van der Waals surface area (Å²) >= 11 is 3.58. The molecule has 0 aromatic heterocycles. The molecule has 1 atom stereocenters. The van der Waals surface area contributed by atoms with E-state index in [1.165, 1.54) is 0 Å². The van der Waals surface area contributed by atoms with Crippen LogP contribution >= 0.6 is 23.4 Å². The largest absolute Gasteiger partial charge is 0.304 e. The lowest BCUT2D eigenvalue weighted by Gasteiger charge is -2.37. The van der Waals surface area contributed by atoms with Crippen LogP contribution in [0.15, 0.2) is 83.3 Å². The van der Waals surface area contributed by atoms with Gasteiger partial charge in [-0.3, -0.25) is 14.7 Å². The second-order valence-electron chi connectivity index (χ2n) is 7.56. The summed E-state index contributed by atoms with van der Waals surface area (Å²) in [7, 11) is -3.47. The van der Waals surface area contributed by atoms with Crippen molar-refractivity contribution < 1.29 is 9.49 Å². The standard InChI is InChI=1S/C23H23BrN3O3P/c1-18-12-13-21(22(24)16-18)23(17-27(28)29)31(30)25(19-8-4-2-5-9-19)14-15-26(31)20-10-6-3-7-11-20/h2-13,16,23H,14-15,17H2,1H3. The summed E-state index contributed by atoms with van der Waals surface area (Å²) < 4.78 is 19.6. The number of aryl methyl sites for hydroxylation is 1. The summed E-state index contributed by atoms with van der Waals surface area (Å²) in [5.74, 6) is 0. The van der Waals surface area contributed by atoms with Crippen LogP contribution in [0.5, 0.6) is 0 Å². The van der Waals surface area contributed by atoms with Gasteiger partial charge in [0.05, 0.1) is 0 Å². The fourth-order valence-corrected chi connectivity index (χ4v) is 8.66. The molecule has 1 saturated heterocycles. The van der Waals surface area contributed by atoms with Crippen molar-refractivity contribution in [2.75, 3.05) is 29.0 Å². The Hall–Kier alpha value is -2.63. The Morgan fingerprint density at radius 3 is 1.94 bits per heavy atom. The second-order valence-corrected chi connectivity index (χ2v) is 11.2. The van der Waals surface area contributed by atoms with Crippen molar-refractivity contribution in [2.24, 2.45) is 0 Å². The first kappa shape index (κ1) is 21.6. The fourth-order valence-electron chi connectivity index (χ4n) is 4.16. The van der Waals surface area contributed by atoms with Crippen LogP contribution in [0.2, 0.25) is 0 Å². The molecule has 1 fully saturated rings. The van der Waals surface area contributed by atoms with Gasteiger partial charge >= 0.3 is 0 Å². The molecule has 8 heteroatoms. The zero-order valence-corrected chi connectivity index (χ0v) is 19.6. The Kier molecular flexibility index (Phi) is 6.17. The average molecular weight is 500 g/mol. The van der Waals surface area contributed by atoms with E-state index in [0.717, 1.165) is 21.4 Å². The molecule has 4 rings (SSSR count). The zero-order valence-electron chi connectivity index (χ0n) is 17.1. The van der Waals surface area contributed by atoms with E-state index in [9.17, 15) is 10.1 Å². The van der Waals surface area contributed by atoms with E-state index in [1.807, 2.05) is 95.1 Å². The maximum atomic E-state index is 15.1. The summed E-state index contributed by atoms with van der Waals surface area (Å²) in [5, 5.41) is 11.8. The molecule has 0 amide bonds. The molecule has 0 spiro atoms. The smallest absolute Gasteiger partial charge is 0.277 e. The van der Waals surface area contributed by atoms with E-state index in [1.54, 1.807) is 0 Å². The summed E-state index contributed by atoms with van der Waals surface area (Å²) in [6.07, 6.45) is 0. The number of halogens is 1. The highest BCUT2D eigenvalue weighted by Gasteiger charge is 2.52. The molecule has 31 heavy (non-hydrogen) atoms. The maximum Gasteiger partial charge on any atom is 0.277 e. The van der Waals surface area contributed by atoms with Gasteiger partial charge in [-0.15, -0.1) is 0 Å². The van der Waals surface area contributed by atoms with E-state index < -0.39 is 19.6 Å². The highest BCUT2D eigenvalue weighted by Crippen LogP contribution is 2.69. The summed E-state index contributed by atoms with van der Waals surface area (Å²) in [4.78, 5) is 11.4. The van der Waals surface area contributed by atoms with Crippen LogP contribution in [-0.2, 0) is 4.57 Å². The second kappa shape index (κ2) is 8.85. The molecule has 6 nitrogen and oxygen atoms in total. The van der Waals surface area contributed by atoms with Crippen molar-refractivity contribution in [3.8, 4) is 0 Å². The van der Waals surface area contributed by atoms with Gasteiger partial charge in [-0.05, 0) is 48.4 Å². The number of hydrogen-bond acceptors (Lipinski definition) is 3. The van der Waals surface area contributed by atoms with Gasteiger partial charge in [0.2, 0.25) is 6.54 Å². The normalized spacial score (nSPS) is 16.3. The number of benzene rings is 3. The predicted molar refractivity (Wildman–Crippen MR) is 129 cm³/mol. The third kappa shape index (κ3) is 4.12. The summed E-state index contributed by atoms with van der Waals surface area (Å²) in [5.41, 5.74) is 2.52. The van der Waals surface area contributed by atoms with E-state index in [4.69, 9.17) is 0 Å². The SMILES string of the molecule is Cc1ccc(C(C[N+](=O)[O-])P2(=O)N(c3ccccc3)CCN2c2ccccc2)c(Br)c1. The minimum atomic E-state index is -3.47. The molecule has 0 N–H and O–H groups in total. The Morgan fingerprint density at radius 1 is 0.968 bits per heavy atom. The van der Waals surface area contributed by atoms with Gasteiger partial charge < -0.3 is 9.34 Å². The molecule has 0 bridgehead atoms. The molecular formula is C23H23BrN3O3P. The monoisotopic (exact) mass is 499 g/mol. The molecule has 0 saturated carbocycles. The number of para-hydroxylation sites is 2. The van der Waals surface area contributed by atoms with Crippen molar-refractivity contribution in [3.63, 3.8) is 0 Å². The van der Waals surface area contributed by atoms with Gasteiger partial charge in [-0.25, -0.2) is 0 Å². The Labute approximate surface area is 190 Å². The minimum Gasteiger partial charge on any atom is -0.304 e. The van der Waals surface area contributed by atoms with Crippen molar-refractivity contribution in [1.29, 1.82) is 0 Å². The quantitative estimate of drug-likeness (QED) is 0.226. The first-order valence-corrected chi connectivity index (χ1v) is 12.5. The van der Waals surface area contributed by atoms with Crippen LogP contribution in [0.4, 0.5) is 11.4 Å². The number of rotatable bonds is 6. The molecule has 1 unspecified atom stereocenters. The fraction of sp³-hybridized carbons (Fsp3) is 0.217. The highest BCUT2D eigenvalue weighted by atomic mass is 79.9. The molecule has 3 aromatic rings. The number of nitrogens with zero attached hydrogens (tertiary/aromatic N) is 3. The topological polar surface area (TPSA) is 66.7 Å². The Balaban J connectivity index is 1.92. The van der Waals surface area contributed by atoms with Crippen molar-refractivity contribution >= 4 is 34.7 Å². The minimum absolute atomic E-state index is 0.360. The first-order valence-electron chi connectivity index (χ1n) is 10.0. The van der Waals surface area contributed by atoms with Crippen LogP contribution in [0.25, 0.3) is 0 Å². The van der Waals surface area contributed by atoms with Gasteiger partial charge in [0.1, 0.15) is 5.66 Å². The van der Waals surface area contributed by atoms with Crippen LogP contribution in [0, 0.1) is 17.0 Å². The van der Waals surface area contributed by atoms with Gasteiger partial charge in [-0.2, -0.15) is 0 Å². The summed E-state index contributed by atoms with van der Waals surface area (Å²) in [6, 6.07) is 24.7. The van der Waals surface area contributed by atoms with Crippen LogP contribution < -0.4 is 9.34 Å².